The van der Waals surface area contributed by atoms with Crippen molar-refractivity contribution in [1.29, 1.82) is 0 Å². The number of amides is 1. The fourth-order valence-electron chi connectivity index (χ4n) is 3.09. The zero-order chi connectivity index (χ0) is 17.9. The van der Waals surface area contributed by atoms with Crippen molar-refractivity contribution in [2.75, 3.05) is 0 Å². The summed E-state index contributed by atoms with van der Waals surface area (Å²) in [5.41, 5.74) is 2.67. The van der Waals surface area contributed by atoms with E-state index in [1.165, 1.54) is 12.1 Å². The lowest BCUT2D eigenvalue weighted by molar-refractivity contribution is -0.131. The first kappa shape index (κ1) is 16.5. The van der Waals surface area contributed by atoms with E-state index in [-0.39, 0.29) is 17.8 Å². The van der Waals surface area contributed by atoms with Gasteiger partial charge in [-0.25, -0.2) is 9.07 Å². The molecule has 1 amide bonds. The van der Waals surface area contributed by atoms with Crippen LogP contribution in [0.15, 0.2) is 67.0 Å². The van der Waals surface area contributed by atoms with Crippen LogP contribution < -0.4 is 0 Å². The molecule has 1 heterocycles. The molecule has 0 unspecified atom stereocenters. The maximum atomic E-state index is 13.4. The van der Waals surface area contributed by atoms with Gasteiger partial charge in [0.05, 0.1) is 18.3 Å². The number of nitrogens with zero attached hydrogens (tertiary/aromatic N) is 3. The molecule has 0 spiro atoms. The number of hydrogen-bond acceptors (Lipinski definition) is 2. The minimum Gasteiger partial charge on any atom is -0.335 e. The molecule has 1 aliphatic carbocycles. The third-order valence-corrected chi connectivity index (χ3v) is 4.56. The van der Waals surface area contributed by atoms with E-state index >= 15 is 0 Å². The quantitative estimate of drug-likeness (QED) is 0.680. The van der Waals surface area contributed by atoms with E-state index in [0.29, 0.717) is 13.0 Å². The molecule has 0 bridgehead atoms. The summed E-state index contributed by atoms with van der Waals surface area (Å²) in [7, 11) is 0. The zero-order valence-electron chi connectivity index (χ0n) is 14.4. The van der Waals surface area contributed by atoms with Gasteiger partial charge in [-0.3, -0.25) is 4.79 Å². The molecular weight excluding hydrogens is 329 g/mol. The van der Waals surface area contributed by atoms with Crippen LogP contribution in [-0.4, -0.2) is 26.6 Å². The second kappa shape index (κ2) is 7.12. The summed E-state index contributed by atoms with van der Waals surface area (Å²) in [6.45, 7) is 0.452. The highest BCUT2D eigenvalue weighted by Gasteiger charge is 2.32. The topological polar surface area (TPSA) is 38.1 Å². The fraction of sp³-hybridized carbons (Fsp3) is 0.238. The first-order valence-corrected chi connectivity index (χ1v) is 8.82. The minimum atomic E-state index is -0.269. The minimum absolute atomic E-state index is 0.0596. The van der Waals surface area contributed by atoms with Crippen molar-refractivity contribution < 1.29 is 9.18 Å². The molecule has 1 aromatic heterocycles. The molecule has 1 fully saturated rings. The summed E-state index contributed by atoms with van der Waals surface area (Å²) < 4.78 is 15.2. The van der Waals surface area contributed by atoms with Gasteiger partial charge in [0, 0.05) is 18.8 Å². The first-order chi connectivity index (χ1) is 12.7. The van der Waals surface area contributed by atoms with Crippen molar-refractivity contribution in [3.8, 4) is 5.69 Å². The van der Waals surface area contributed by atoms with Crippen molar-refractivity contribution in [2.45, 2.75) is 31.8 Å². The highest BCUT2D eigenvalue weighted by Crippen LogP contribution is 2.29. The Morgan fingerprint density at radius 2 is 1.92 bits per heavy atom. The van der Waals surface area contributed by atoms with Crippen LogP contribution in [0, 0.1) is 5.82 Å². The number of aromatic nitrogens is 2. The Hall–Kier alpha value is -2.95. The number of carbonyl (C=O) groups is 1. The molecule has 1 saturated carbocycles. The first-order valence-electron chi connectivity index (χ1n) is 8.82. The third kappa shape index (κ3) is 3.82. The lowest BCUT2D eigenvalue weighted by Crippen LogP contribution is -2.33. The SMILES string of the molecule is O=C(Cc1cnn(-c2ccccc2)c1)N(Cc1cccc(F)c1)C1CC1. The highest BCUT2D eigenvalue weighted by molar-refractivity contribution is 5.79. The second-order valence-electron chi connectivity index (χ2n) is 6.69. The Bertz CT molecular complexity index is 902. The summed E-state index contributed by atoms with van der Waals surface area (Å²) in [5.74, 6) is -0.209. The molecule has 0 saturated heterocycles. The Labute approximate surface area is 151 Å². The number of para-hydroxylation sites is 1. The molecular formula is C21H20FN3O. The van der Waals surface area contributed by atoms with E-state index in [4.69, 9.17) is 0 Å². The van der Waals surface area contributed by atoms with Crippen molar-refractivity contribution in [2.24, 2.45) is 0 Å². The van der Waals surface area contributed by atoms with Gasteiger partial charge in [0.25, 0.3) is 0 Å². The molecule has 0 aliphatic heterocycles. The molecule has 1 aliphatic rings. The van der Waals surface area contributed by atoms with Gasteiger partial charge in [-0.05, 0) is 48.2 Å². The Kier molecular flexibility index (Phi) is 4.52. The van der Waals surface area contributed by atoms with Crippen molar-refractivity contribution in [3.05, 3.63) is 83.9 Å². The number of halogens is 1. The molecule has 2 aromatic carbocycles. The Morgan fingerprint density at radius 3 is 2.65 bits per heavy atom. The summed E-state index contributed by atoms with van der Waals surface area (Å²) in [4.78, 5) is 14.7. The average Bonchev–Trinajstić information content (AvgIpc) is 3.39. The summed E-state index contributed by atoms with van der Waals surface area (Å²) >= 11 is 0. The van der Waals surface area contributed by atoms with E-state index in [2.05, 4.69) is 5.10 Å². The van der Waals surface area contributed by atoms with Gasteiger partial charge in [0.2, 0.25) is 5.91 Å². The van der Waals surface area contributed by atoms with E-state index < -0.39 is 0 Å². The van der Waals surface area contributed by atoms with Crippen LogP contribution in [-0.2, 0) is 17.8 Å². The number of benzene rings is 2. The molecule has 4 rings (SSSR count). The van der Waals surface area contributed by atoms with Crippen LogP contribution in [0.1, 0.15) is 24.0 Å². The van der Waals surface area contributed by atoms with Gasteiger partial charge in [-0.1, -0.05) is 30.3 Å². The maximum Gasteiger partial charge on any atom is 0.227 e. The van der Waals surface area contributed by atoms with Crippen molar-refractivity contribution >= 4 is 5.91 Å². The standard InChI is InChI=1S/C21H20FN3O/c22-18-6-4-5-16(11-18)14-24(19-9-10-19)21(26)12-17-13-23-25(15-17)20-7-2-1-3-8-20/h1-8,11,13,15,19H,9-10,12,14H2. The molecule has 0 radical (unpaired) electrons. The molecule has 132 valence electrons. The van der Waals surface area contributed by atoms with Crippen LogP contribution in [0.4, 0.5) is 4.39 Å². The van der Waals surface area contributed by atoms with E-state index in [9.17, 15) is 9.18 Å². The van der Waals surface area contributed by atoms with Crippen LogP contribution in [0.5, 0.6) is 0 Å². The predicted molar refractivity (Wildman–Crippen MR) is 97.2 cm³/mol. The summed E-state index contributed by atoms with van der Waals surface area (Å²) in [5, 5.41) is 4.35. The molecule has 0 atom stereocenters. The van der Waals surface area contributed by atoms with Gasteiger partial charge < -0.3 is 4.90 Å². The summed E-state index contributed by atoms with van der Waals surface area (Å²) in [6, 6.07) is 16.5. The van der Waals surface area contributed by atoms with Crippen LogP contribution >= 0.6 is 0 Å². The molecule has 3 aromatic rings. The maximum absolute atomic E-state index is 13.4. The van der Waals surface area contributed by atoms with E-state index in [1.807, 2.05) is 47.5 Å². The normalized spacial score (nSPS) is 13.6. The van der Waals surface area contributed by atoms with Gasteiger partial charge in [0.15, 0.2) is 0 Å². The smallest absolute Gasteiger partial charge is 0.227 e. The number of carbonyl (C=O) groups excluding carboxylic acids is 1. The lowest BCUT2D eigenvalue weighted by Gasteiger charge is -2.22. The largest absolute Gasteiger partial charge is 0.335 e. The number of rotatable bonds is 6. The molecule has 0 N–H and O–H groups in total. The highest BCUT2D eigenvalue weighted by atomic mass is 19.1. The molecule has 26 heavy (non-hydrogen) atoms. The average molecular weight is 349 g/mol. The second-order valence-corrected chi connectivity index (χ2v) is 6.69. The predicted octanol–water partition coefficient (Wildman–Crippen LogP) is 3.75. The lowest BCUT2D eigenvalue weighted by atomic mass is 10.1. The van der Waals surface area contributed by atoms with Crippen LogP contribution in [0.3, 0.4) is 0 Å². The zero-order valence-corrected chi connectivity index (χ0v) is 14.4. The van der Waals surface area contributed by atoms with Gasteiger partial charge in [-0.2, -0.15) is 5.10 Å². The molecule has 4 nitrogen and oxygen atoms in total. The number of hydrogen-bond donors (Lipinski definition) is 0. The molecule has 5 heteroatoms. The van der Waals surface area contributed by atoms with Crippen molar-refractivity contribution in [1.82, 2.24) is 14.7 Å². The van der Waals surface area contributed by atoms with Crippen LogP contribution in [0.2, 0.25) is 0 Å². The van der Waals surface area contributed by atoms with E-state index in [0.717, 1.165) is 29.7 Å². The summed E-state index contributed by atoms with van der Waals surface area (Å²) in [6.07, 6.45) is 5.96. The Balaban J connectivity index is 1.46. The van der Waals surface area contributed by atoms with Gasteiger partial charge in [0.1, 0.15) is 5.82 Å². The van der Waals surface area contributed by atoms with Gasteiger partial charge in [-0.15, -0.1) is 0 Å². The third-order valence-electron chi connectivity index (χ3n) is 4.56. The monoisotopic (exact) mass is 349 g/mol. The Morgan fingerprint density at radius 1 is 1.12 bits per heavy atom. The van der Waals surface area contributed by atoms with E-state index in [1.54, 1.807) is 16.9 Å². The van der Waals surface area contributed by atoms with Crippen molar-refractivity contribution in [3.63, 3.8) is 0 Å². The fourth-order valence-corrected chi connectivity index (χ4v) is 3.09. The van der Waals surface area contributed by atoms with Crippen LogP contribution in [0.25, 0.3) is 5.69 Å². The van der Waals surface area contributed by atoms with Gasteiger partial charge >= 0.3 is 0 Å².